The third-order valence-corrected chi connectivity index (χ3v) is 9.72. The lowest BCUT2D eigenvalue weighted by Gasteiger charge is -2.19. The molecule has 5 aromatic rings. The minimum atomic E-state index is -4.40. The molecule has 6 rings (SSSR count). The predicted octanol–water partition coefficient (Wildman–Crippen LogP) is 3.84. The lowest BCUT2D eigenvalue weighted by molar-refractivity contribution is -0.668. The summed E-state index contributed by atoms with van der Waals surface area (Å²) < 4.78 is 81.3. The molecule has 0 radical (unpaired) electrons. The van der Waals surface area contributed by atoms with Gasteiger partial charge in [0.15, 0.2) is 12.3 Å². The molecule has 0 unspecified atom stereocenters. The van der Waals surface area contributed by atoms with Gasteiger partial charge in [0.2, 0.25) is 11.4 Å². The summed E-state index contributed by atoms with van der Waals surface area (Å²) in [6.45, 7) is 0.488. The predicted molar refractivity (Wildman–Crippen MR) is 161 cm³/mol. The van der Waals surface area contributed by atoms with Crippen LogP contribution >= 0.6 is 11.3 Å². The Morgan fingerprint density at radius 3 is 2.07 bits per heavy atom. The molecule has 3 aromatic heterocycles. The van der Waals surface area contributed by atoms with E-state index in [-0.39, 0.29) is 25.9 Å². The van der Waals surface area contributed by atoms with Crippen LogP contribution in [0.15, 0.2) is 91.3 Å². The first-order chi connectivity index (χ1) is 20.5. The maximum atomic E-state index is 11.4. The summed E-state index contributed by atoms with van der Waals surface area (Å²) in [5.41, 5.74) is 3.38. The molecule has 0 aliphatic carbocycles. The van der Waals surface area contributed by atoms with E-state index in [0.717, 1.165) is 32.3 Å². The number of thiazole rings is 1. The first-order valence-corrected chi connectivity index (χ1v) is 17.4. The normalized spacial score (nSPS) is 14.5. The molecule has 0 saturated heterocycles. The summed E-state index contributed by atoms with van der Waals surface area (Å²) in [7, 11) is -8.79. The Labute approximate surface area is 253 Å². The molecule has 14 heteroatoms. The highest BCUT2D eigenvalue weighted by Gasteiger charge is 2.30. The largest absolute Gasteiger partial charge is 0.748 e. The summed E-state index contributed by atoms with van der Waals surface area (Å²) in [6, 6.07) is 19.3. The Morgan fingerprint density at radius 1 is 0.814 bits per heavy atom. The molecule has 0 spiro atoms. The third kappa shape index (κ3) is 6.68. The molecule has 0 amide bonds. The van der Waals surface area contributed by atoms with Crippen LogP contribution in [-0.4, -0.2) is 53.1 Å². The van der Waals surface area contributed by atoms with E-state index in [2.05, 4.69) is 0 Å². The van der Waals surface area contributed by atoms with Crippen molar-refractivity contribution < 1.29 is 35.2 Å². The quantitative estimate of drug-likeness (QED) is 0.157. The number of ether oxygens (including phenoxy) is 1. The first-order valence-electron chi connectivity index (χ1n) is 13.5. The van der Waals surface area contributed by atoms with Crippen molar-refractivity contribution >= 4 is 53.6 Å². The molecule has 0 saturated carbocycles. The van der Waals surface area contributed by atoms with Crippen molar-refractivity contribution in [1.82, 2.24) is 9.13 Å². The summed E-state index contributed by atoms with van der Waals surface area (Å²) in [6.07, 6.45) is 9.71. The second-order valence-electron chi connectivity index (χ2n) is 10.0. The number of anilines is 1. The van der Waals surface area contributed by atoms with E-state index in [1.807, 2.05) is 110 Å². The van der Waals surface area contributed by atoms with E-state index in [0.29, 0.717) is 11.6 Å². The lowest BCUT2D eigenvalue weighted by Crippen LogP contribution is -2.36. The van der Waals surface area contributed by atoms with Gasteiger partial charge in [-0.3, -0.25) is 0 Å². The Hall–Kier alpha value is -3.95. The monoisotopic (exact) mass is 639 g/mol. The molecule has 0 bridgehead atoms. The van der Waals surface area contributed by atoms with Crippen molar-refractivity contribution in [1.29, 1.82) is 0 Å². The number of aryl methyl sites for hydroxylation is 1. The minimum absolute atomic E-state index is 0.0910. The Bertz CT molecular complexity index is 2020. The molecular formula is C29H27N4O7S3-. The van der Waals surface area contributed by atoms with Crippen molar-refractivity contribution in [3.63, 3.8) is 0 Å². The van der Waals surface area contributed by atoms with Crippen molar-refractivity contribution in [2.45, 2.75) is 19.4 Å². The third-order valence-electron chi connectivity index (χ3n) is 7.03. The molecule has 0 N–H and O–H groups in total. The van der Waals surface area contributed by atoms with Gasteiger partial charge >= 0.3 is 0 Å². The van der Waals surface area contributed by atoms with Gasteiger partial charge in [-0.25, -0.2) is 16.8 Å². The fraction of sp³-hybridized carbons (Fsp3) is 0.207. The second kappa shape index (κ2) is 11.6. The Morgan fingerprint density at radius 2 is 1.42 bits per heavy atom. The summed E-state index contributed by atoms with van der Waals surface area (Å²) in [5, 5.41) is 0.748. The van der Waals surface area contributed by atoms with Gasteiger partial charge in [-0.05, 0) is 61.0 Å². The van der Waals surface area contributed by atoms with E-state index < -0.39 is 31.7 Å². The molecule has 1 aliphatic rings. The van der Waals surface area contributed by atoms with Crippen molar-refractivity contribution in [2.75, 3.05) is 23.0 Å². The van der Waals surface area contributed by atoms with Crippen LogP contribution in [0.5, 0.6) is 5.75 Å². The molecule has 43 heavy (non-hydrogen) atoms. The molecule has 0 atom stereocenters. The van der Waals surface area contributed by atoms with Gasteiger partial charge < -0.3 is 27.9 Å². The van der Waals surface area contributed by atoms with E-state index in [4.69, 9.17) is 4.74 Å². The van der Waals surface area contributed by atoms with E-state index in [1.54, 1.807) is 0 Å². The average Bonchev–Trinajstić information content (AvgIpc) is 3.75. The summed E-state index contributed by atoms with van der Waals surface area (Å²) in [5.74, 6) is 0.000323. The van der Waals surface area contributed by atoms with Crippen LogP contribution in [0.2, 0.25) is 0 Å². The zero-order valence-corrected chi connectivity index (χ0v) is 25.2. The molecule has 224 valence electrons. The number of fused-ring (bicyclic) bond motifs is 2. The van der Waals surface area contributed by atoms with Gasteiger partial charge in [0.25, 0.3) is 5.01 Å². The van der Waals surface area contributed by atoms with Crippen LogP contribution in [0.4, 0.5) is 5.69 Å². The fourth-order valence-corrected chi connectivity index (χ4v) is 7.15. The molecular weight excluding hydrogens is 613 g/mol. The average molecular weight is 640 g/mol. The molecule has 0 fully saturated rings. The van der Waals surface area contributed by atoms with Gasteiger partial charge in [0, 0.05) is 61.0 Å². The zero-order chi connectivity index (χ0) is 30.2. The van der Waals surface area contributed by atoms with Gasteiger partial charge in [0.05, 0.1) is 37.7 Å². The number of hydrogen-bond acceptors (Lipinski definition) is 9. The highest BCUT2D eigenvalue weighted by atomic mass is 32.2. The molecule has 1 aliphatic heterocycles. The highest BCUT2D eigenvalue weighted by molar-refractivity contribution is 7.85. The van der Waals surface area contributed by atoms with E-state index >= 15 is 0 Å². The highest BCUT2D eigenvalue weighted by Crippen LogP contribution is 2.41. The smallest absolute Gasteiger partial charge is 0.268 e. The molecule has 4 heterocycles. The van der Waals surface area contributed by atoms with Gasteiger partial charge in [-0.15, -0.1) is 0 Å². The van der Waals surface area contributed by atoms with Crippen LogP contribution in [0.3, 0.4) is 0 Å². The van der Waals surface area contributed by atoms with Gasteiger partial charge in [0.1, 0.15) is 4.70 Å². The van der Waals surface area contributed by atoms with E-state index in [9.17, 15) is 25.9 Å². The Balaban J connectivity index is 1.42. The maximum Gasteiger partial charge on any atom is 0.268 e. The lowest BCUT2D eigenvalue weighted by atomic mass is 10.2. The van der Waals surface area contributed by atoms with Gasteiger partial charge in [-0.1, -0.05) is 11.3 Å². The number of benzene rings is 2. The summed E-state index contributed by atoms with van der Waals surface area (Å²) in [4.78, 5) is 1.84. The number of rotatable bonds is 11. The molecule has 11 nitrogen and oxygen atoms in total. The number of nitrogens with zero attached hydrogens (tertiary/aromatic N) is 4. The van der Waals surface area contributed by atoms with Crippen molar-refractivity contribution in [2.24, 2.45) is 0 Å². The second-order valence-corrected chi connectivity index (χ2v) is 14.2. The standard InChI is InChI=1S/C29H28N4O7S3/c34-42(35,36)17-5-15-32-24-19-22(30-11-1-2-12-30)7-9-26(24)40-28(32)21-29-33(16-6-18-43(37,38)39)25-20-23(8-10-27(25)41-29)31-13-3-4-14-31/h1-4,7-14,19-21H,5-6,15-18H2,(H-,34,35,36,37,38,39)/p-1. The fourth-order valence-electron chi connectivity index (χ4n) is 5.09. The van der Waals surface area contributed by atoms with Crippen LogP contribution < -0.4 is 14.2 Å². The topological polar surface area (TPSA) is 141 Å². The van der Waals surface area contributed by atoms with Crippen molar-refractivity contribution in [3.05, 3.63) is 96.3 Å². The first kappa shape index (κ1) is 29.1. The number of hydrogen-bond donors (Lipinski definition) is 0. The van der Waals surface area contributed by atoms with Crippen LogP contribution in [0.25, 0.3) is 27.7 Å². The summed E-state index contributed by atoms with van der Waals surface area (Å²) >= 11 is 1.48. The van der Waals surface area contributed by atoms with Crippen LogP contribution in [0.1, 0.15) is 17.8 Å². The van der Waals surface area contributed by atoms with E-state index in [1.165, 1.54) is 11.3 Å². The number of aromatic nitrogens is 3. The minimum Gasteiger partial charge on any atom is -0.748 e. The Kier molecular flexibility index (Phi) is 7.87. The van der Waals surface area contributed by atoms with Gasteiger partial charge in [-0.2, -0.15) is 4.57 Å². The van der Waals surface area contributed by atoms with Crippen LogP contribution in [0, 0.1) is 0 Å². The molecule has 2 aromatic carbocycles. The van der Waals surface area contributed by atoms with Crippen LogP contribution in [-0.2, 0) is 26.8 Å². The maximum absolute atomic E-state index is 11.4. The zero-order valence-electron chi connectivity index (χ0n) is 22.8. The SMILES string of the molecule is O=S(=O)([O-])CCCN1/C(=C/c2sc3ccc(-n4cccc4)cc3[n+]2CCCS(=O)(=O)[O-])Oc2ccc(-n3cccc3)cc21. The van der Waals surface area contributed by atoms with Crippen molar-refractivity contribution in [3.8, 4) is 17.1 Å².